The number of aryl methyl sites for hydroxylation is 1. The molecule has 0 saturated heterocycles. The Bertz CT molecular complexity index is 552. The van der Waals surface area contributed by atoms with E-state index >= 15 is 0 Å². The Kier molecular flexibility index (Phi) is 4.45. The van der Waals surface area contributed by atoms with Crippen molar-refractivity contribution in [2.24, 2.45) is 0 Å². The maximum atomic E-state index is 4.69. The van der Waals surface area contributed by atoms with Crippen molar-refractivity contribution in [3.63, 3.8) is 0 Å². The monoisotopic (exact) mass is 289 g/mol. The molecule has 20 heavy (non-hydrogen) atoms. The average Bonchev–Trinajstić information content (AvgIpc) is 2.84. The van der Waals surface area contributed by atoms with Crippen molar-refractivity contribution in [3.05, 3.63) is 40.9 Å². The number of aromatic nitrogens is 1. The molecular formula is C16H23N3S. The van der Waals surface area contributed by atoms with E-state index in [4.69, 9.17) is 4.98 Å². The lowest BCUT2D eigenvalue weighted by molar-refractivity contribution is 0.422. The minimum Gasteiger partial charge on any atom is -0.321 e. The van der Waals surface area contributed by atoms with Gasteiger partial charge >= 0.3 is 0 Å². The molecule has 0 bridgehead atoms. The summed E-state index contributed by atoms with van der Waals surface area (Å²) in [7, 11) is 2.06. The molecule has 0 radical (unpaired) electrons. The maximum Gasteiger partial charge on any atom is 0.189 e. The Morgan fingerprint density at radius 1 is 1.20 bits per heavy atom. The van der Waals surface area contributed by atoms with Crippen molar-refractivity contribution >= 4 is 22.2 Å². The van der Waals surface area contributed by atoms with Gasteiger partial charge in [0.05, 0.1) is 5.69 Å². The first kappa shape index (κ1) is 15.0. The third-order valence-corrected chi connectivity index (χ3v) is 4.01. The lowest BCUT2D eigenvalue weighted by atomic mass is 10.1. The number of thiazole rings is 1. The van der Waals surface area contributed by atoms with Gasteiger partial charge in [0.15, 0.2) is 5.13 Å². The van der Waals surface area contributed by atoms with Crippen molar-refractivity contribution < 1.29 is 0 Å². The van der Waals surface area contributed by atoms with Gasteiger partial charge in [0.25, 0.3) is 0 Å². The van der Waals surface area contributed by atoms with Crippen LogP contribution in [-0.4, -0.2) is 17.6 Å². The van der Waals surface area contributed by atoms with Gasteiger partial charge in [0, 0.05) is 30.2 Å². The highest BCUT2D eigenvalue weighted by Gasteiger charge is 2.12. The molecule has 1 aromatic carbocycles. The van der Waals surface area contributed by atoms with Crippen molar-refractivity contribution in [1.29, 1.82) is 0 Å². The van der Waals surface area contributed by atoms with Gasteiger partial charge in [-0.05, 0) is 39.8 Å². The van der Waals surface area contributed by atoms with E-state index in [0.29, 0.717) is 0 Å². The number of hydrogen-bond acceptors (Lipinski definition) is 4. The molecule has 1 heterocycles. The molecule has 2 aromatic rings. The highest BCUT2D eigenvalue weighted by molar-refractivity contribution is 7.13. The Hall–Kier alpha value is -1.39. The summed E-state index contributed by atoms with van der Waals surface area (Å²) >= 11 is 1.68. The normalized spacial score (nSPS) is 11.7. The van der Waals surface area contributed by atoms with Crippen molar-refractivity contribution in [3.8, 4) is 0 Å². The van der Waals surface area contributed by atoms with Crippen LogP contribution >= 0.6 is 11.3 Å². The van der Waals surface area contributed by atoms with Crippen LogP contribution in [0.1, 0.15) is 32.0 Å². The first-order valence-corrected chi connectivity index (χ1v) is 7.73. The average molecular weight is 289 g/mol. The highest BCUT2D eigenvalue weighted by Crippen LogP contribution is 2.27. The number of hydrogen-bond donors (Lipinski definition) is 1. The number of nitrogens with one attached hydrogen (secondary N) is 1. The van der Waals surface area contributed by atoms with Crippen LogP contribution in [0, 0.1) is 6.92 Å². The fourth-order valence-electron chi connectivity index (χ4n) is 1.77. The summed E-state index contributed by atoms with van der Waals surface area (Å²) < 4.78 is 0. The van der Waals surface area contributed by atoms with Crippen LogP contribution in [-0.2, 0) is 6.54 Å². The molecule has 1 N–H and O–H groups in total. The maximum absolute atomic E-state index is 4.69. The molecule has 3 nitrogen and oxygen atoms in total. The van der Waals surface area contributed by atoms with E-state index in [-0.39, 0.29) is 5.54 Å². The van der Waals surface area contributed by atoms with Gasteiger partial charge in [0.2, 0.25) is 0 Å². The summed E-state index contributed by atoms with van der Waals surface area (Å²) in [5.74, 6) is 0. The number of nitrogens with zero attached hydrogens (tertiary/aromatic N) is 2. The van der Waals surface area contributed by atoms with Crippen LogP contribution in [0.5, 0.6) is 0 Å². The molecule has 108 valence electrons. The van der Waals surface area contributed by atoms with Gasteiger partial charge in [0.1, 0.15) is 0 Å². The Morgan fingerprint density at radius 2 is 1.85 bits per heavy atom. The van der Waals surface area contributed by atoms with E-state index in [0.717, 1.165) is 17.4 Å². The van der Waals surface area contributed by atoms with Gasteiger partial charge in [-0.15, -0.1) is 11.3 Å². The van der Waals surface area contributed by atoms with E-state index in [1.165, 1.54) is 11.3 Å². The second-order valence-corrected chi connectivity index (χ2v) is 6.96. The quantitative estimate of drug-likeness (QED) is 0.918. The van der Waals surface area contributed by atoms with E-state index in [9.17, 15) is 0 Å². The molecule has 0 fully saturated rings. The van der Waals surface area contributed by atoms with E-state index < -0.39 is 0 Å². The molecule has 4 heteroatoms. The lowest BCUT2D eigenvalue weighted by Crippen LogP contribution is -2.35. The molecule has 0 unspecified atom stereocenters. The van der Waals surface area contributed by atoms with Crippen molar-refractivity contribution in [1.82, 2.24) is 10.3 Å². The summed E-state index contributed by atoms with van der Waals surface area (Å²) in [6, 6.07) is 8.51. The smallest absolute Gasteiger partial charge is 0.189 e. The molecule has 0 atom stereocenters. The zero-order valence-corrected chi connectivity index (χ0v) is 13.7. The number of benzene rings is 1. The molecule has 0 spiro atoms. The third kappa shape index (κ3) is 4.05. The second kappa shape index (κ2) is 5.94. The van der Waals surface area contributed by atoms with Crippen LogP contribution in [0.3, 0.4) is 0 Å². The largest absolute Gasteiger partial charge is 0.321 e. The van der Waals surface area contributed by atoms with Crippen LogP contribution in [0.25, 0.3) is 0 Å². The Morgan fingerprint density at radius 3 is 2.45 bits per heavy atom. The van der Waals surface area contributed by atoms with Crippen LogP contribution in [0.15, 0.2) is 29.6 Å². The molecule has 1 aromatic heterocycles. The fourth-order valence-corrected chi connectivity index (χ4v) is 2.58. The van der Waals surface area contributed by atoms with Gasteiger partial charge in [-0.3, -0.25) is 0 Å². The number of rotatable bonds is 4. The zero-order chi connectivity index (χ0) is 14.8. The second-order valence-electron chi connectivity index (χ2n) is 6.12. The standard InChI is InChI=1S/C16H23N3S/c1-12-6-8-14(9-7-12)19(5)15-18-13(11-20-15)10-17-16(2,3)4/h6-9,11,17H,10H2,1-5H3. The predicted molar refractivity (Wildman–Crippen MR) is 87.9 cm³/mol. The van der Waals surface area contributed by atoms with Gasteiger partial charge < -0.3 is 10.2 Å². The topological polar surface area (TPSA) is 28.2 Å². The molecule has 0 aliphatic heterocycles. The van der Waals surface area contributed by atoms with E-state index in [1.807, 2.05) is 0 Å². The SMILES string of the molecule is Cc1ccc(N(C)c2nc(CNC(C)(C)C)cs2)cc1. The lowest BCUT2D eigenvalue weighted by Gasteiger charge is -2.19. The van der Waals surface area contributed by atoms with Gasteiger partial charge in [-0.1, -0.05) is 17.7 Å². The zero-order valence-electron chi connectivity index (χ0n) is 12.9. The third-order valence-electron chi connectivity index (χ3n) is 3.05. The fraction of sp³-hybridized carbons (Fsp3) is 0.438. The molecule has 0 aliphatic carbocycles. The van der Waals surface area contributed by atoms with Crippen LogP contribution < -0.4 is 10.2 Å². The Balaban J connectivity index is 2.06. The minimum atomic E-state index is 0.118. The molecule has 0 saturated carbocycles. The molecule has 0 aliphatic rings. The minimum absolute atomic E-state index is 0.118. The van der Waals surface area contributed by atoms with Crippen molar-refractivity contribution in [2.75, 3.05) is 11.9 Å². The molecule has 0 amide bonds. The van der Waals surface area contributed by atoms with Crippen molar-refractivity contribution in [2.45, 2.75) is 39.8 Å². The van der Waals surface area contributed by atoms with Gasteiger partial charge in [-0.2, -0.15) is 0 Å². The van der Waals surface area contributed by atoms with Crippen LogP contribution in [0.2, 0.25) is 0 Å². The van der Waals surface area contributed by atoms with E-state index in [2.05, 4.69) is 74.6 Å². The van der Waals surface area contributed by atoms with Gasteiger partial charge in [-0.25, -0.2) is 4.98 Å². The van der Waals surface area contributed by atoms with E-state index in [1.54, 1.807) is 11.3 Å². The first-order chi connectivity index (χ1) is 9.35. The summed E-state index contributed by atoms with van der Waals surface area (Å²) in [6.07, 6.45) is 0. The predicted octanol–water partition coefficient (Wildman–Crippen LogP) is 4.11. The number of anilines is 2. The first-order valence-electron chi connectivity index (χ1n) is 6.85. The summed E-state index contributed by atoms with van der Waals surface area (Å²) in [5.41, 5.74) is 3.66. The summed E-state index contributed by atoms with van der Waals surface area (Å²) in [6.45, 7) is 9.40. The Labute approximate surface area is 125 Å². The molecule has 2 rings (SSSR count). The van der Waals surface area contributed by atoms with Crippen LogP contribution in [0.4, 0.5) is 10.8 Å². The summed E-state index contributed by atoms with van der Waals surface area (Å²) in [5, 5.41) is 6.61. The summed E-state index contributed by atoms with van der Waals surface area (Å²) in [4.78, 5) is 6.82. The molecular weight excluding hydrogens is 266 g/mol. The highest BCUT2D eigenvalue weighted by atomic mass is 32.1.